The third kappa shape index (κ3) is 5.74. The van der Waals surface area contributed by atoms with E-state index in [4.69, 9.17) is 16.0 Å². The molecular formula is C32H24ClN5O9S. The number of anilines is 2. The minimum Gasteiger partial charge on any atom is -0.476 e. The zero-order valence-electron chi connectivity index (χ0n) is 25.3. The van der Waals surface area contributed by atoms with Crippen molar-refractivity contribution in [3.8, 4) is 11.3 Å². The number of hydrogen-bond acceptors (Lipinski definition) is 9. The molecular weight excluding hydrogens is 666 g/mol. The van der Waals surface area contributed by atoms with Crippen molar-refractivity contribution in [2.45, 2.75) is 19.8 Å². The van der Waals surface area contributed by atoms with Gasteiger partial charge in [-0.1, -0.05) is 36.7 Å². The smallest absolute Gasteiger partial charge is 0.364 e. The number of nitro benzene ring substituents is 1. The summed E-state index contributed by atoms with van der Waals surface area (Å²) in [4.78, 5) is 41.0. The van der Waals surface area contributed by atoms with Gasteiger partial charge in [0.25, 0.3) is 5.69 Å². The summed E-state index contributed by atoms with van der Waals surface area (Å²) in [6.45, 7) is 3.35. The molecule has 48 heavy (non-hydrogen) atoms. The molecule has 14 nitrogen and oxygen atoms in total. The first-order valence-electron chi connectivity index (χ1n) is 14.1. The SMILES string of the molecule is Cc1cc(C(C)c2cccc(N(c3ccc(Cl)nc3C(=O)O)S(=O)(=O)O)c2[N+](=O)[O-])c2oc(-c3ccc4nn(C)cc4c3)cc(=O)c2c1. The van der Waals surface area contributed by atoms with Gasteiger partial charge in [-0.15, -0.1) is 0 Å². The van der Waals surface area contributed by atoms with E-state index >= 15 is 0 Å². The van der Waals surface area contributed by atoms with Gasteiger partial charge in [0.1, 0.15) is 22.2 Å². The maximum atomic E-state index is 13.5. The Hall–Kier alpha value is -5.64. The molecule has 6 rings (SSSR count). The van der Waals surface area contributed by atoms with Crippen molar-refractivity contribution in [3.05, 3.63) is 121 Å². The van der Waals surface area contributed by atoms with E-state index in [1.165, 1.54) is 18.2 Å². The number of nitrogens with zero attached hydrogens (tertiary/aromatic N) is 5. The first-order valence-corrected chi connectivity index (χ1v) is 15.9. The van der Waals surface area contributed by atoms with E-state index in [0.29, 0.717) is 16.7 Å². The summed E-state index contributed by atoms with van der Waals surface area (Å²) in [6.07, 6.45) is 1.82. The van der Waals surface area contributed by atoms with Gasteiger partial charge in [-0.05, 0) is 55.0 Å². The van der Waals surface area contributed by atoms with Crippen LogP contribution in [0.5, 0.6) is 0 Å². The van der Waals surface area contributed by atoms with E-state index < -0.39 is 49.9 Å². The fraction of sp³-hybridized carbons (Fsp3) is 0.125. The minimum atomic E-state index is -5.38. The van der Waals surface area contributed by atoms with Crippen LogP contribution in [0.15, 0.2) is 82.1 Å². The van der Waals surface area contributed by atoms with Crippen LogP contribution in [0.3, 0.4) is 0 Å². The quantitative estimate of drug-likeness (QED) is 0.0775. The molecule has 6 aromatic rings. The normalized spacial score (nSPS) is 12.4. The van der Waals surface area contributed by atoms with Gasteiger partial charge in [0.2, 0.25) is 0 Å². The van der Waals surface area contributed by atoms with E-state index in [1.54, 1.807) is 49.8 Å². The van der Waals surface area contributed by atoms with Crippen LogP contribution in [0, 0.1) is 17.0 Å². The van der Waals surface area contributed by atoms with Gasteiger partial charge in [-0.2, -0.15) is 13.5 Å². The Balaban J connectivity index is 1.58. The predicted octanol–water partition coefficient (Wildman–Crippen LogP) is 6.40. The number of pyridine rings is 1. The summed E-state index contributed by atoms with van der Waals surface area (Å²) in [5.41, 5.74) is -0.854. The number of para-hydroxylation sites is 1. The number of benzene rings is 3. The van der Waals surface area contributed by atoms with Crippen LogP contribution in [0.1, 0.15) is 40.0 Å². The number of nitro groups is 1. The lowest BCUT2D eigenvalue weighted by Gasteiger charge is -2.24. The van der Waals surface area contributed by atoms with Crippen LogP contribution >= 0.6 is 11.6 Å². The topological polar surface area (TPSA) is 199 Å². The molecule has 0 fully saturated rings. The summed E-state index contributed by atoms with van der Waals surface area (Å²) < 4.78 is 44.0. The van der Waals surface area contributed by atoms with Crippen molar-refractivity contribution in [1.29, 1.82) is 0 Å². The predicted molar refractivity (Wildman–Crippen MR) is 177 cm³/mol. The zero-order chi connectivity index (χ0) is 34.7. The molecule has 3 aromatic heterocycles. The molecule has 0 spiro atoms. The van der Waals surface area contributed by atoms with Crippen molar-refractivity contribution in [3.63, 3.8) is 0 Å². The Bertz CT molecular complexity index is 2490. The summed E-state index contributed by atoms with van der Waals surface area (Å²) in [5, 5.41) is 27.5. The number of carboxylic acid groups (broad SMARTS) is 1. The Morgan fingerprint density at radius 1 is 1.08 bits per heavy atom. The highest BCUT2D eigenvalue weighted by Crippen LogP contribution is 2.44. The van der Waals surface area contributed by atoms with E-state index in [2.05, 4.69) is 10.1 Å². The van der Waals surface area contributed by atoms with Gasteiger partial charge in [0.05, 0.1) is 21.5 Å². The van der Waals surface area contributed by atoms with Crippen molar-refractivity contribution in [1.82, 2.24) is 14.8 Å². The highest BCUT2D eigenvalue weighted by Gasteiger charge is 2.36. The summed E-state index contributed by atoms with van der Waals surface area (Å²) in [6, 6.07) is 15.8. The second-order valence-corrected chi connectivity index (χ2v) is 12.7. The second kappa shape index (κ2) is 11.9. The number of halogens is 1. The fourth-order valence-corrected chi connectivity index (χ4v) is 6.70. The number of hydrogen-bond donors (Lipinski definition) is 2. The molecule has 0 saturated heterocycles. The number of aromatic nitrogens is 3. The van der Waals surface area contributed by atoms with Crippen LogP contribution < -0.4 is 9.73 Å². The number of carbonyl (C=O) groups is 1. The van der Waals surface area contributed by atoms with Crippen molar-refractivity contribution >= 4 is 66.8 Å². The zero-order valence-corrected chi connectivity index (χ0v) is 26.9. The Morgan fingerprint density at radius 3 is 2.52 bits per heavy atom. The van der Waals surface area contributed by atoms with E-state index in [9.17, 15) is 37.8 Å². The molecule has 0 bridgehead atoms. The molecule has 0 radical (unpaired) electrons. The molecule has 0 saturated carbocycles. The van der Waals surface area contributed by atoms with Crippen LogP contribution in [0.2, 0.25) is 5.15 Å². The molecule has 0 aliphatic heterocycles. The largest absolute Gasteiger partial charge is 0.476 e. The number of rotatable bonds is 8. The molecule has 1 unspecified atom stereocenters. The van der Waals surface area contributed by atoms with Gasteiger partial charge >= 0.3 is 16.3 Å². The van der Waals surface area contributed by atoms with Crippen LogP contribution in [0.4, 0.5) is 17.1 Å². The summed E-state index contributed by atoms with van der Waals surface area (Å²) in [7, 11) is -3.60. The van der Waals surface area contributed by atoms with Gasteiger partial charge < -0.3 is 9.52 Å². The highest BCUT2D eigenvalue weighted by molar-refractivity contribution is 7.87. The number of fused-ring (bicyclic) bond motifs is 2. The molecule has 244 valence electrons. The molecule has 0 aliphatic rings. The van der Waals surface area contributed by atoms with Gasteiger partial charge in [0.15, 0.2) is 11.1 Å². The third-order valence-corrected chi connectivity index (χ3v) is 8.84. The van der Waals surface area contributed by atoms with E-state index in [0.717, 1.165) is 29.1 Å². The Labute approximate surface area is 276 Å². The Kier molecular flexibility index (Phi) is 7.98. The molecule has 0 aliphatic carbocycles. The van der Waals surface area contributed by atoms with Crippen LogP contribution in [-0.2, 0) is 17.4 Å². The molecule has 2 N–H and O–H groups in total. The first-order chi connectivity index (χ1) is 22.6. The Morgan fingerprint density at radius 2 is 1.83 bits per heavy atom. The monoisotopic (exact) mass is 689 g/mol. The van der Waals surface area contributed by atoms with Crippen molar-refractivity contribution < 1.29 is 32.2 Å². The third-order valence-electron chi connectivity index (χ3n) is 7.78. The maximum Gasteiger partial charge on any atom is 0.364 e. The standard InChI is InChI=1S/C32H24ClN5O9S/c1-16-11-21(31-22(12-16)26(39)14-27(47-31)18-7-8-23-19(13-18)15-36(3)35-23)17(2)20-5-4-6-25(30(20)38(42)43)37(48(44,45)46)24-9-10-28(33)34-29(24)32(40)41/h4-15,17H,1-3H3,(H,40,41)(H,44,45,46). The average Bonchev–Trinajstić information content (AvgIpc) is 3.39. The molecule has 3 heterocycles. The lowest BCUT2D eigenvalue weighted by Crippen LogP contribution is -2.28. The fourth-order valence-electron chi connectivity index (χ4n) is 5.76. The van der Waals surface area contributed by atoms with Gasteiger partial charge in [-0.25, -0.2) is 14.1 Å². The molecule has 16 heteroatoms. The summed E-state index contributed by atoms with van der Waals surface area (Å²) in [5.74, 6) is -2.36. The molecule has 0 amide bonds. The van der Waals surface area contributed by atoms with Crippen molar-refractivity contribution in [2.24, 2.45) is 7.05 Å². The lowest BCUT2D eigenvalue weighted by atomic mass is 9.89. The van der Waals surface area contributed by atoms with E-state index in [1.807, 2.05) is 12.3 Å². The molecule has 3 aromatic carbocycles. The number of aromatic carboxylic acids is 1. The number of carboxylic acids is 1. The lowest BCUT2D eigenvalue weighted by molar-refractivity contribution is -0.384. The highest BCUT2D eigenvalue weighted by atomic mass is 35.5. The second-order valence-electron chi connectivity index (χ2n) is 11.0. The van der Waals surface area contributed by atoms with E-state index in [-0.39, 0.29) is 37.2 Å². The number of aryl methyl sites for hydroxylation is 2. The van der Waals surface area contributed by atoms with Crippen molar-refractivity contribution in [2.75, 3.05) is 4.31 Å². The van der Waals surface area contributed by atoms with Gasteiger partial charge in [0, 0.05) is 47.3 Å². The van der Waals surface area contributed by atoms with Crippen LogP contribution in [0.25, 0.3) is 33.2 Å². The summed E-state index contributed by atoms with van der Waals surface area (Å²) >= 11 is 5.84. The minimum absolute atomic E-state index is 0.0262. The van der Waals surface area contributed by atoms with Gasteiger partial charge in [-0.3, -0.25) is 24.1 Å². The first kappa shape index (κ1) is 32.3. The molecule has 1 atom stereocenters. The maximum absolute atomic E-state index is 13.5. The average molecular weight is 690 g/mol. The van der Waals surface area contributed by atoms with Crippen LogP contribution in [-0.4, -0.2) is 43.7 Å².